The highest BCUT2D eigenvalue weighted by atomic mass is 19.4. The zero-order chi connectivity index (χ0) is 16.8. The molecule has 124 valence electrons. The van der Waals surface area contributed by atoms with Crippen LogP contribution < -0.4 is 0 Å². The molecule has 1 aromatic rings. The molecule has 0 aliphatic rings. The summed E-state index contributed by atoms with van der Waals surface area (Å²) in [6, 6.07) is 5.45. The number of carboxylic acid groups (broad SMARTS) is 1. The molecule has 2 nitrogen and oxygen atoms in total. The standard InChI is InChI=1S/C17H23F3O2/c1-16(2,10-4-3-8-15(21)22)11-9-13-6-5-7-14(12-13)17(18,19)20/h5-7,12H,3-4,8-11H2,1-2H3,(H,21,22). The molecule has 0 unspecified atom stereocenters. The predicted octanol–water partition coefficient (Wildman–Crippen LogP) is 5.31. The molecule has 0 aliphatic carbocycles. The van der Waals surface area contributed by atoms with Gasteiger partial charge in [0.05, 0.1) is 5.56 Å². The van der Waals surface area contributed by atoms with Crippen molar-refractivity contribution >= 4 is 5.97 Å². The molecule has 0 bridgehead atoms. The normalized spacial score (nSPS) is 12.4. The molecule has 0 fully saturated rings. The van der Waals surface area contributed by atoms with E-state index in [4.69, 9.17) is 5.11 Å². The summed E-state index contributed by atoms with van der Waals surface area (Å²) in [5, 5.41) is 8.59. The summed E-state index contributed by atoms with van der Waals surface area (Å²) >= 11 is 0. The van der Waals surface area contributed by atoms with Crippen molar-refractivity contribution < 1.29 is 23.1 Å². The Bertz CT molecular complexity index is 493. The van der Waals surface area contributed by atoms with Gasteiger partial charge in [-0.2, -0.15) is 13.2 Å². The summed E-state index contributed by atoms with van der Waals surface area (Å²) in [6.07, 6.45) is -0.424. The van der Waals surface area contributed by atoms with Crippen LogP contribution in [0.2, 0.25) is 0 Å². The maximum atomic E-state index is 12.7. The number of unbranched alkanes of at least 4 members (excludes halogenated alkanes) is 1. The molecule has 0 saturated heterocycles. The number of hydrogen-bond acceptors (Lipinski definition) is 1. The molecule has 0 heterocycles. The Hall–Kier alpha value is -1.52. The monoisotopic (exact) mass is 316 g/mol. The molecule has 1 rings (SSSR count). The first-order valence-electron chi connectivity index (χ1n) is 7.48. The number of carbonyl (C=O) groups is 1. The molecule has 1 N–H and O–H groups in total. The number of halogens is 3. The number of carboxylic acids is 1. The largest absolute Gasteiger partial charge is 0.481 e. The minimum absolute atomic E-state index is 0.00720. The van der Waals surface area contributed by atoms with E-state index < -0.39 is 17.7 Å². The van der Waals surface area contributed by atoms with E-state index in [0.717, 1.165) is 25.3 Å². The van der Waals surface area contributed by atoms with E-state index in [-0.39, 0.29) is 11.8 Å². The number of benzene rings is 1. The molecule has 22 heavy (non-hydrogen) atoms. The lowest BCUT2D eigenvalue weighted by Gasteiger charge is -2.24. The molecule has 0 aliphatic heterocycles. The molecule has 0 saturated carbocycles. The summed E-state index contributed by atoms with van der Waals surface area (Å²) in [7, 11) is 0. The highest BCUT2D eigenvalue weighted by Crippen LogP contribution is 2.32. The topological polar surface area (TPSA) is 37.3 Å². The van der Waals surface area contributed by atoms with Gasteiger partial charge in [-0.3, -0.25) is 4.79 Å². The highest BCUT2D eigenvalue weighted by Gasteiger charge is 2.30. The van der Waals surface area contributed by atoms with Crippen LogP contribution >= 0.6 is 0 Å². The predicted molar refractivity (Wildman–Crippen MR) is 79.6 cm³/mol. The fraction of sp³-hybridized carbons (Fsp3) is 0.588. The molecule has 0 radical (unpaired) electrons. The second-order valence-corrected chi connectivity index (χ2v) is 6.46. The Morgan fingerprint density at radius 1 is 1.14 bits per heavy atom. The molecule has 5 heteroatoms. The summed E-state index contributed by atoms with van der Waals surface area (Å²) < 4.78 is 38.0. The van der Waals surface area contributed by atoms with Gasteiger partial charge in [0.15, 0.2) is 0 Å². The van der Waals surface area contributed by atoms with Crippen LogP contribution in [0.1, 0.15) is 57.1 Å². The van der Waals surface area contributed by atoms with Crippen LogP contribution in [-0.2, 0) is 17.4 Å². The lowest BCUT2D eigenvalue weighted by Crippen LogP contribution is -2.13. The van der Waals surface area contributed by atoms with Gasteiger partial charge in [0.2, 0.25) is 0 Å². The van der Waals surface area contributed by atoms with E-state index in [1.54, 1.807) is 6.07 Å². The molecule has 0 spiro atoms. The van der Waals surface area contributed by atoms with Crippen molar-refractivity contribution in [3.8, 4) is 0 Å². The van der Waals surface area contributed by atoms with Crippen LogP contribution in [0.3, 0.4) is 0 Å². The molecule has 1 aromatic carbocycles. The van der Waals surface area contributed by atoms with Crippen LogP contribution in [0.25, 0.3) is 0 Å². The van der Waals surface area contributed by atoms with E-state index >= 15 is 0 Å². The molecular formula is C17H23F3O2. The first-order valence-corrected chi connectivity index (χ1v) is 7.48. The summed E-state index contributed by atoms with van der Waals surface area (Å²) in [6.45, 7) is 4.14. The quantitative estimate of drug-likeness (QED) is 0.660. The second-order valence-electron chi connectivity index (χ2n) is 6.46. The second kappa shape index (κ2) is 7.65. The van der Waals surface area contributed by atoms with Crippen molar-refractivity contribution in [1.82, 2.24) is 0 Å². The number of hydrogen-bond donors (Lipinski definition) is 1. The van der Waals surface area contributed by atoms with Gasteiger partial charge in [-0.05, 0) is 42.7 Å². The Morgan fingerprint density at radius 3 is 2.41 bits per heavy atom. The van der Waals surface area contributed by atoms with E-state index in [9.17, 15) is 18.0 Å². The molecule has 0 aromatic heterocycles. The lowest BCUT2D eigenvalue weighted by atomic mass is 9.81. The van der Waals surface area contributed by atoms with Crippen molar-refractivity contribution in [2.75, 3.05) is 0 Å². The van der Waals surface area contributed by atoms with Gasteiger partial charge < -0.3 is 5.11 Å². The van der Waals surface area contributed by atoms with Gasteiger partial charge in [-0.25, -0.2) is 0 Å². The minimum Gasteiger partial charge on any atom is -0.481 e. The van der Waals surface area contributed by atoms with E-state index in [1.807, 2.05) is 0 Å². The number of aliphatic carboxylic acids is 1. The molecular weight excluding hydrogens is 293 g/mol. The van der Waals surface area contributed by atoms with Crippen LogP contribution in [0.4, 0.5) is 13.2 Å². The first-order chi connectivity index (χ1) is 10.1. The molecule has 0 amide bonds. The Balaban J connectivity index is 2.49. The van der Waals surface area contributed by atoms with Gasteiger partial charge >= 0.3 is 12.1 Å². The fourth-order valence-electron chi connectivity index (χ4n) is 2.39. The van der Waals surface area contributed by atoms with Crippen LogP contribution in [0, 0.1) is 5.41 Å². The lowest BCUT2D eigenvalue weighted by molar-refractivity contribution is -0.138. The van der Waals surface area contributed by atoms with Crippen LogP contribution in [-0.4, -0.2) is 11.1 Å². The zero-order valence-corrected chi connectivity index (χ0v) is 13.0. The third-order valence-electron chi connectivity index (χ3n) is 3.84. The minimum atomic E-state index is -4.30. The third kappa shape index (κ3) is 6.96. The van der Waals surface area contributed by atoms with E-state index in [0.29, 0.717) is 18.4 Å². The van der Waals surface area contributed by atoms with E-state index in [2.05, 4.69) is 13.8 Å². The third-order valence-corrected chi connectivity index (χ3v) is 3.84. The molecule has 0 atom stereocenters. The van der Waals surface area contributed by atoms with Gasteiger partial charge in [0.1, 0.15) is 0 Å². The Kier molecular flexibility index (Phi) is 6.45. The van der Waals surface area contributed by atoms with Gasteiger partial charge in [-0.15, -0.1) is 0 Å². The Labute approximate surface area is 129 Å². The maximum Gasteiger partial charge on any atom is 0.416 e. The van der Waals surface area contributed by atoms with Gasteiger partial charge in [-0.1, -0.05) is 38.5 Å². The van der Waals surface area contributed by atoms with Crippen molar-refractivity contribution in [2.45, 2.75) is 58.5 Å². The van der Waals surface area contributed by atoms with E-state index in [1.165, 1.54) is 12.1 Å². The fourth-order valence-corrected chi connectivity index (χ4v) is 2.39. The van der Waals surface area contributed by atoms with Gasteiger partial charge in [0.25, 0.3) is 0 Å². The highest BCUT2D eigenvalue weighted by molar-refractivity contribution is 5.66. The average molecular weight is 316 g/mol. The zero-order valence-electron chi connectivity index (χ0n) is 13.0. The average Bonchev–Trinajstić information content (AvgIpc) is 2.41. The summed E-state index contributed by atoms with van der Waals surface area (Å²) in [4.78, 5) is 10.5. The number of aryl methyl sites for hydroxylation is 1. The smallest absolute Gasteiger partial charge is 0.416 e. The van der Waals surface area contributed by atoms with Crippen molar-refractivity contribution in [2.24, 2.45) is 5.41 Å². The number of alkyl halides is 3. The number of rotatable bonds is 8. The van der Waals surface area contributed by atoms with Crippen molar-refractivity contribution in [3.05, 3.63) is 35.4 Å². The summed E-state index contributed by atoms with van der Waals surface area (Å²) in [5.74, 6) is -0.790. The summed E-state index contributed by atoms with van der Waals surface area (Å²) in [5.41, 5.74) is 0.0740. The maximum absolute atomic E-state index is 12.7. The van der Waals surface area contributed by atoms with Crippen molar-refractivity contribution in [1.29, 1.82) is 0 Å². The van der Waals surface area contributed by atoms with Crippen LogP contribution in [0.15, 0.2) is 24.3 Å². The van der Waals surface area contributed by atoms with Gasteiger partial charge in [0, 0.05) is 6.42 Å². The first kappa shape index (κ1) is 18.5. The Morgan fingerprint density at radius 2 is 1.82 bits per heavy atom. The van der Waals surface area contributed by atoms with Crippen LogP contribution in [0.5, 0.6) is 0 Å². The van der Waals surface area contributed by atoms with Crippen molar-refractivity contribution in [3.63, 3.8) is 0 Å². The SMILES string of the molecule is CC(C)(CCCCC(=O)O)CCc1cccc(C(F)(F)F)c1.